The smallest absolute Gasteiger partial charge is 0.0462 e. The lowest BCUT2D eigenvalue weighted by atomic mass is 10.5. The molecule has 0 atom stereocenters. The van der Waals surface area contributed by atoms with E-state index < -0.39 is 0 Å². The van der Waals surface area contributed by atoms with Gasteiger partial charge in [0.15, 0.2) is 0 Å². The summed E-state index contributed by atoms with van der Waals surface area (Å²) in [7, 11) is 0. The Morgan fingerprint density at radius 3 is 2.25 bits per heavy atom. The summed E-state index contributed by atoms with van der Waals surface area (Å²) in [6.45, 7) is 3.99. The predicted molar refractivity (Wildman–Crippen MR) is 36.8 cm³/mol. The zero-order valence-corrected chi connectivity index (χ0v) is 6.46. The molecule has 1 aromatic rings. The number of rotatable bonds is 0. The van der Waals surface area contributed by atoms with Gasteiger partial charge in [0.1, 0.15) is 0 Å². The minimum Gasteiger partial charge on any atom is -0.361 e. The molecule has 2 heteroatoms. The summed E-state index contributed by atoms with van der Waals surface area (Å²) in [5.41, 5.74) is 2.22. The normalized spacial score (nSPS) is 9.88. The van der Waals surface area contributed by atoms with E-state index in [1.54, 1.807) is 0 Å². The molecule has 0 aromatic carbocycles. The first-order chi connectivity index (χ1) is 3.70. The van der Waals surface area contributed by atoms with E-state index in [1.807, 2.05) is 13.8 Å². The van der Waals surface area contributed by atoms with Crippen LogP contribution >= 0.6 is 15.9 Å². The molecule has 0 saturated carbocycles. The molecule has 0 amide bonds. The summed E-state index contributed by atoms with van der Waals surface area (Å²) in [6.07, 6.45) is 0. The van der Waals surface area contributed by atoms with E-state index in [0.29, 0.717) is 0 Å². The van der Waals surface area contributed by atoms with Crippen LogP contribution in [0.3, 0.4) is 0 Å². The number of nitrogens with one attached hydrogen (secondary N) is 1. The van der Waals surface area contributed by atoms with E-state index in [2.05, 4.69) is 27.0 Å². The van der Waals surface area contributed by atoms with Gasteiger partial charge in [-0.25, -0.2) is 0 Å². The van der Waals surface area contributed by atoms with Gasteiger partial charge in [0.2, 0.25) is 0 Å². The second kappa shape index (κ2) is 1.94. The number of hydrogen-bond acceptors (Lipinski definition) is 0. The zero-order valence-electron chi connectivity index (χ0n) is 4.88. The summed E-state index contributed by atoms with van der Waals surface area (Å²) in [4.78, 5) is 3.10. The van der Waals surface area contributed by atoms with Crippen molar-refractivity contribution in [2.75, 3.05) is 0 Å². The number of aryl methyl sites for hydroxylation is 2. The van der Waals surface area contributed by atoms with Crippen molar-refractivity contribution in [2.45, 2.75) is 13.8 Å². The summed E-state index contributed by atoms with van der Waals surface area (Å²) < 4.78 is 1.04. The molecule has 43 valence electrons. The lowest BCUT2D eigenvalue weighted by Crippen LogP contribution is -1.69. The molecule has 0 saturated heterocycles. The van der Waals surface area contributed by atoms with E-state index in [-0.39, 0.29) is 0 Å². The van der Waals surface area contributed by atoms with Gasteiger partial charge >= 0.3 is 0 Å². The van der Waals surface area contributed by atoms with Crippen molar-refractivity contribution in [1.82, 2.24) is 4.98 Å². The molecule has 1 radical (unpaired) electrons. The van der Waals surface area contributed by atoms with Crippen molar-refractivity contribution in [3.05, 3.63) is 21.9 Å². The first kappa shape index (κ1) is 5.89. The van der Waals surface area contributed by atoms with Crippen LogP contribution < -0.4 is 0 Å². The fraction of sp³-hybridized carbons (Fsp3) is 0.333. The van der Waals surface area contributed by atoms with Crippen molar-refractivity contribution in [3.8, 4) is 0 Å². The average Bonchev–Trinajstić information content (AvgIpc) is 1.85. The fourth-order valence-electron chi connectivity index (χ4n) is 0.626. The molecule has 0 aliphatic rings. The summed E-state index contributed by atoms with van der Waals surface area (Å²) in [5, 5.41) is 0. The highest BCUT2D eigenvalue weighted by Gasteiger charge is 1.94. The van der Waals surface area contributed by atoms with Crippen molar-refractivity contribution in [3.63, 3.8) is 0 Å². The van der Waals surface area contributed by atoms with Crippen molar-refractivity contribution < 1.29 is 0 Å². The first-order valence-corrected chi connectivity index (χ1v) is 3.23. The van der Waals surface area contributed by atoms with E-state index in [4.69, 9.17) is 0 Å². The van der Waals surface area contributed by atoms with Gasteiger partial charge in [-0.1, -0.05) is 0 Å². The fourth-order valence-corrected chi connectivity index (χ4v) is 1.02. The third-order valence-corrected chi connectivity index (χ3v) is 1.79. The highest BCUT2D eigenvalue weighted by molar-refractivity contribution is 9.10. The molecule has 1 nitrogen and oxygen atoms in total. The Hall–Kier alpha value is -0.240. The van der Waals surface area contributed by atoms with Gasteiger partial charge < -0.3 is 4.98 Å². The van der Waals surface area contributed by atoms with Gasteiger partial charge in [-0.15, -0.1) is 0 Å². The van der Waals surface area contributed by atoms with Crippen LogP contribution in [0.5, 0.6) is 0 Å². The van der Waals surface area contributed by atoms with Crippen LogP contribution in [0, 0.1) is 19.9 Å². The van der Waals surface area contributed by atoms with E-state index in [0.717, 1.165) is 15.9 Å². The van der Waals surface area contributed by atoms with Crippen LogP contribution in [0.2, 0.25) is 0 Å². The predicted octanol–water partition coefficient (Wildman–Crippen LogP) is 2.19. The summed E-state index contributed by atoms with van der Waals surface area (Å²) in [6, 6.07) is 3.07. The Kier molecular flexibility index (Phi) is 1.43. The van der Waals surface area contributed by atoms with Gasteiger partial charge in [-0.3, -0.25) is 0 Å². The molecule has 0 unspecified atom stereocenters. The zero-order chi connectivity index (χ0) is 6.15. The Morgan fingerprint density at radius 2 is 2.12 bits per heavy atom. The van der Waals surface area contributed by atoms with Crippen molar-refractivity contribution in [2.24, 2.45) is 0 Å². The molecule has 8 heavy (non-hydrogen) atoms. The lowest BCUT2D eigenvalue weighted by molar-refractivity contribution is 1.18. The number of aromatic amines is 1. The van der Waals surface area contributed by atoms with E-state index in [1.165, 1.54) is 0 Å². The Bertz CT molecular complexity index is 171. The molecular formula is C6H7BrN. The van der Waals surface area contributed by atoms with Gasteiger partial charge in [0, 0.05) is 21.9 Å². The molecule has 1 aromatic heterocycles. The van der Waals surface area contributed by atoms with Gasteiger partial charge in [-0.05, 0) is 29.8 Å². The van der Waals surface area contributed by atoms with E-state index >= 15 is 0 Å². The van der Waals surface area contributed by atoms with Gasteiger partial charge in [-0.2, -0.15) is 0 Å². The van der Waals surface area contributed by atoms with E-state index in [9.17, 15) is 0 Å². The molecule has 0 aliphatic heterocycles. The quantitative estimate of drug-likeness (QED) is 0.618. The maximum absolute atomic E-state index is 3.33. The van der Waals surface area contributed by atoms with Gasteiger partial charge in [0.05, 0.1) is 0 Å². The Balaban J connectivity index is 3.14. The van der Waals surface area contributed by atoms with Crippen LogP contribution in [0.25, 0.3) is 0 Å². The van der Waals surface area contributed by atoms with Crippen LogP contribution in [0.4, 0.5) is 0 Å². The SMILES string of the molecule is Cc1[c]c(Br)c(C)[nH]1. The maximum Gasteiger partial charge on any atom is 0.0462 e. The van der Waals surface area contributed by atoms with Crippen LogP contribution in [-0.4, -0.2) is 4.98 Å². The molecule has 1 rings (SSSR count). The maximum atomic E-state index is 3.33. The van der Waals surface area contributed by atoms with Crippen LogP contribution in [0.15, 0.2) is 4.47 Å². The third kappa shape index (κ3) is 0.944. The number of halogens is 1. The minimum atomic E-state index is 1.04. The van der Waals surface area contributed by atoms with Crippen LogP contribution in [0.1, 0.15) is 11.4 Å². The molecule has 1 N–H and O–H groups in total. The van der Waals surface area contributed by atoms with Gasteiger partial charge in [0.25, 0.3) is 0 Å². The highest BCUT2D eigenvalue weighted by atomic mass is 79.9. The number of hydrogen-bond donors (Lipinski definition) is 1. The lowest BCUT2D eigenvalue weighted by Gasteiger charge is -1.80. The molecular weight excluding hydrogens is 166 g/mol. The number of aromatic nitrogens is 1. The standard InChI is InChI=1S/C6H7BrN/c1-4-3-6(7)5(2)8-4/h8H,1-2H3. The molecule has 0 aliphatic carbocycles. The topological polar surface area (TPSA) is 15.8 Å². The minimum absolute atomic E-state index is 1.04. The Morgan fingerprint density at radius 1 is 1.50 bits per heavy atom. The summed E-state index contributed by atoms with van der Waals surface area (Å²) in [5.74, 6) is 0. The first-order valence-electron chi connectivity index (χ1n) is 2.44. The number of H-pyrrole nitrogens is 1. The average molecular weight is 173 g/mol. The van der Waals surface area contributed by atoms with Crippen LogP contribution in [-0.2, 0) is 0 Å². The second-order valence-corrected chi connectivity index (χ2v) is 2.61. The molecule has 0 bridgehead atoms. The molecule has 1 heterocycles. The Labute approximate surface area is 57.2 Å². The summed E-state index contributed by atoms with van der Waals surface area (Å²) >= 11 is 3.33. The second-order valence-electron chi connectivity index (χ2n) is 1.81. The molecule has 0 spiro atoms. The molecule has 0 fully saturated rings. The monoisotopic (exact) mass is 172 g/mol. The largest absolute Gasteiger partial charge is 0.361 e. The van der Waals surface area contributed by atoms with Crippen molar-refractivity contribution >= 4 is 15.9 Å². The highest BCUT2D eigenvalue weighted by Crippen LogP contribution is 2.14. The third-order valence-electron chi connectivity index (χ3n) is 1.00. The van der Waals surface area contributed by atoms with Crippen molar-refractivity contribution in [1.29, 1.82) is 0 Å².